The molecule has 0 spiro atoms. The Morgan fingerprint density at radius 3 is 2.83 bits per heavy atom. The van der Waals surface area contributed by atoms with Gasteiger partial charge in [0.2, 0.25) is 0 Å². The van der Waals surface area contributed by atoms with Crippen LogP contribution in [0.5, 0.6) is 0 Å². The van der Waals surface area contributed by atoms with Crippen molar-refractivity contribution in [3.63, 3.8) is 0 Å². The van der Waals surface area contributed by atoms with E-state index in [2.05, 4.69) is 22.5 Å². The molecule has 0 aliphatic carbocycles. The Morgan fingerprint density at radius 1 is 1.39 bits per heavy atom. The molecule has 0 aromatic carbocycles. The lowest BCUT2D eigenvalue weighted by molar-refractivity contribution is 0.0933. The van der Waals surface area contributed by atoms with E-state index >= 15 is 0 Å². The molecule has 2 N–H and O–H groups in total. The van der Waals surface area contributed by atoms with Gasteiger partial charge in [0.1, 0.15) is 11.5 Å². The number of hydrogen-bond donors (Lipinski definition) is 2. The number of amides is 1. The first-order valence-corrected chi connectivity index (χ1v) is 6.63. The van der Waals surface area contributed by atoms with E-state index in [4.69, 9.17) is 0 Å². The Balaban J connectivity index is 2.48. The van der Waals surface area contributed by atoms with Gasteiger partial charge < -0.3 is 10.6 Å². The lowest BCUT2D eigenvalue weighted by atomic mass is 10.1. The number of unbranched alkanes of at least 4 members (excludes halogenated alkanes) is 2. The summed E-state index contributed by atoms with van der Waals surface area (Å²) in [6.45, 7) is 4.21. The third kappa shape index (κ3) is 4.73. The standard InChI is InChI=1S/C14H23N3O/c1-4-5-6-8-11(2)16-14(18)12-9-7-10-13(15-3)17-12/h7,9-11H,4-6,8H2,1-3H3,(H,15,17)(H,16,18). The van der Waals surface area contributed by atoms with Crippen molar-refractivity contribution >= 4 is 11.7 Å². The van der Waals surface area contributed by atoms with Crippen LogP contribution in [-0.4, -0.2) is 24.0 Å². The third-order valence-electron chi connectivity index (χ3n) is 2.86. The first-order chi connectivity index (χ1) is 8.67. The van der Waals surface area contributed by atoms with Crippen molar-refractivity contribution in [3.8, 4) is 0 Å². The zero-order valence-corrected chi connectivity index (χ0v) is 11.5. The van der Waals surface area contributed by atoms with Crippen LogP contribution in [0.15, 0.2) is 18.2 Å². The van der Waals surface area contributed by atoms with Gasteiger partial charge in [-0.05, 0) is 25.5 Å². The van der Waals surface area contributed by atoms with Crippen LogP contribution in [0, 0.1) is 0 Å². The number of carbonyl (C=O) groups excluding carboxylic acids is 1. The zero-order valence-electron chi connectivity index (χ0n) is 11.5. The van der Waals surface area contributed by atoms with Gasteiger partial charge in [-0.2, -0.15) is 0 Å². The molecule has 0 radical (unpaired) electrons. The topological polar surface area (TPSA) is 54.0 Å². The Labute approximate surface area is 109 Å². The molecule has 0 fully saturated rings. The van der Waals surface area contributed by atoms with E-state index in [1.54, 1.807) is 13.1 Å². The molecule has 1 heterocycles. The van der Waals surface area contributed by atoms with Crippen molar-refractivity contribution in [2.45, 2.75) is 45.6 Å². The lowest BCUT2D eigenvalue weighted by Gasteiger charge is -2.13. The van der Waals surface area contributed by atoms with Gasteiger partial charge in [-0.15, -0.1) is 0 Å². The number of aromatic nitrogens is 1. The van der Waals surface area contributed by atoms with E-state index in [-0.39, 0.29) is 11.9 Å². The summed E-state index contributed by atoms with van der Waals surface area (Å²) in [5, 5.41) is 5.90. The summed E-state index contributed by atoms with van der Waals surface area (Å²) in [7, 11) is 1.79. The fourth-order valence-corrected chi connectivity index (χ4v) is 1.77. The van der Waals surface area contributed by atoms with E-state index in [1.807, 2.05) is 19.1 Å². The number of nitrogens with one attached hydrogen (secondary N) is 2. The number of nitrogens with zero attached hydrogens (tertiary/aromatic N) is 1. The van der Waals surface area contributed by atoms with Gasteiger partial charge in [0.15, 0.2) is 0 Å². The first kappa shape index (κ1) is 14.5. The van der Waals surface area contributed by atoms with Gasteiger partial charge in [-0.25, -0.2) is 4.98 Å². The molecule has 1 unspecified atom stereocenters. The smallest absolute Gasteiger partial charge is 0.270 e. The van der Waals surface area contributed by atoms with Crippen LogP contribution in [0.2, 0.25) is 0 Å². The van der Waals surface area contributed by atoms with E-state index in [1.165, 1.54) is 12.8 Å². The summed E-state index contributed by atoms with van der Waals surface area (Å²) in [5.74, 6) is 0.609. The second kappa shape index (κ2) is 7.69. The predicted molar refractivity (Wildman–Crippen MR) is 74.9 cm³/mol. The van der Waals surface area contributed by atoms with Crippen molar-refractivity contribution < 1.29 is 4.79 Å². The monoisotopic (exact) mass is 249 g/mol. The van der Waals surface area contributed by atoms with Crippen LogP contribution in [0.25, 0.3) is 0 Å². The Bertz CT molecular complexity index is 379. The number of pyridine rings is 1. The summed E-state index contributed by atoms with van der Waals surface area (Å²) in [6, 6.07) is 5.59. The van der Waals surface area contributed by atoms with Crippen LogP contribution < -0.4 is 10.6 Å². The second-order valence-corrected chi connectivity index (χ2v) is 4.53. The maximum absolute atomic E-state index is 12.0. The Kier molecular flexibility index (Phi) is 6.19. The van der Waals surface area contributed by atoms with Crippen LogP contribution in [0.3, 0.4) is 0 Å². The van der Waals surface area contributed by atoms with Crippen LogP contribution in [0.1, 0.15) is 50.0 Å². The highest BCUT2D eigenvalue weighted by Crippen LogP contribution is 2.06. The van der Waals surface area contributed by atoms with Gasteiger partial charge in [-0.3, -0.25) is 4.79 Å². The fraction of sp³-hybridized carbons (Fsp3) is 0.571. The van der Waals surface area contributed by atoms with Gasteiger partial charge in [0, 0.05) is 13.1 Å². The van der Waals surface area contributed by atoms with Gasteiger partial charge in [0.05, 0.1) is 0 Å². The van der Waals surface area contributed by atoms with Crippen molar-refractivity contribution in [1.29, 1.82) is 0 Å². The fourth-order valence-electron chi connectivity index (χ4n) is 1.77. The number of carbonyl (C=O) groups is 1. The van der Waals surface area contributed by atoms with E-state index in [0.29, 0.717) is 11.5 Å². The molecule has 18 heavy (non-hydrogen) atoms. The minimum absolute atomic E-state index is 0.101. The first-order valence-electron chi connectivity index (χ1n) is 6.63. The largest absolute Gasteiger partial charge is 0.373 e. The van der Waals surface area contributed by atoms with Crippen molar-refractivity contribution in [2.24, 2.45) is 0 Å². The van der Waals surface area contributed by atoms with Crippen LogP contribution in [0.4, 0.5) is 5.82 Å². The van der Waals surface area contributed by atoms with E-state index in [9.17, 15) is 4.79 Å². The molecule has 4 nitrogen and oxygen atoms in total. The third-order valence-corrected chi connectivity index (χ3v) is 2.86. The molecule has 1 aromatic heterocycles. The SMILES string of the molecule is CCCCCC(C)NC(=O)c1cccc(NC)n1. The molecule has 0 bridgehead atoms. The minimum Gasteiger partial charge on any atom is -0.373 e. The lowest BCUT2D eigenvalue weighted by Crippen LogP contribution is -2.33. The summed E-state index contributed by atoms with van der Waals surface area (Å²) in [6.07, 6.45) is 4.59. The summed E-state index contributed by atoms with van der Waals surface area (Å²) in [4.78, 5) is 16.2. The van der Waals surface area contributed by atoms with Gasteiger partial charge in [-0.1, -0.05) is 32.3 Å². The second-order valence-electron chi connectivity index (χ2n) is 4.53. The molecule has 0 aliphatic heterocycles. The van der Waals surface area contributed by atoms with E-state index < -0.39 is 0 Å². The minimum atomic E-state index is -0.101. The highest BCUT2D eigenvalue weighted by atomic mass is 16.1. The molecule has 1 amide bonds. The van der Waals surface area contributed by atoms with Crippen molar-refractivity contribution in [3.05, 3.63) is 23.9 Å². The van der Waals surface area contributed by atoms with Crippen LogP contribution in [-0.2, 0) is 0 Å². The molecular weight excluding hydrogens is 226 g/mol. The van der Waals surface area contributed by atoms with Crippen molar-refractivity contribution in [2.75, 3.05) is 12.4 Å². The average molecular weight is 249 g/mol. The molecule has 1 atom stereocenters. The quantitative estimate of drug-likeness (QED) is 0.731. The molecule has 100 valence electrons. The maximum atomic E-state index is 12.0. The number of rotatable bonds is 7. The maximum Gasteiger partial charge on any atom is 0.270 e. The molecular formula is C14H23N3O. The molecule has 1 aromatic rings. The molecule has 1 rings (SSSR count). The van der Waals surface area contributed by atoms with E-state index in [0.717, 1.165) is 12.8 Å². The van der Waals surface area contributed by atoms with Crippen molar-refractivity contribution in [1.82, 2.24) is 10.3 Å². The van der Waals surface area contributed by atoms with Gasteiger partial charge in [0.25, 0.3) is 5.91 Å². The summed E-state index contributed by atoms with van der Waals surface area (Å²) in [5.41, 5.74) is 0.462. The number of anilines is 1. The normalized spacial score (nSPS) is 11.9. The predicted octanol–water partition coefficient (Wildman–Crippen LogP) is 2.82. The molecule has 0 aliphatic rings. The Morgan fingerprint density at radius 2 is 2.17 bits per heavy atom. The number of hydrogen-bond acceptors (Lipinski definition) is 3. The molecule has 0 saturated heterocycles. The zero-order chi connectivity index (χ0) is 13.4. The summed E-state index contributed by atoms with van der Waals surface area (Å²) < 4.78 is 0. The van der Waals surface area contributed by atoms with Crippen LogP contribution >= 0.6 is 0 Å². The average Bonchev–Trinajstić information content (AvgIpc) is 2.39. The Hall–Kier alpha value is -1.58. The highest BCUT2D eigenvalue weighted by Gasteiger charge is 2.10. The highest BCUT2D eigenvalue weighted by molar-refractivity contribution is 5.92. The van der Waals surface area contributed by atoms with Gasteiger partial charge >= 0.3 is 0 Å². The molecule has 4 heteroatoms. The summed E-state index contributed by atoms with van der Waals surface area (Å²) >= 11 is 0. The molecule has 0 saturated carbocycles.